The van der Waals surface area contributed by atoms with E-state index in [0.29, 0.717) is 6.61 Å². The van der Waals surface area contributed by atoms with E-state index in [4.69, 9.17) is 4.52 Å². The first-order valence-electron chi connectivity index (χ1n) is 4.91. The van der Waals surface area contributed by atoms with Crippen molar-refractivity contribution in [3.8, 4) is 0 Å². The highest BCUT2D eigenvalue weighted by atomic mass is 31.2. The highest BCUT2D eigenvalue weighted by molar-refractivity contribution is 7.67. The van der Waals surface area contributed by atoms with Gasteiger partial charge in [0.25, 0.3) is 0 Å². The molecule has 0 saturated heterocycles. The SMILES string of the molecule is CCO[P@](=O)(c1ccccc1)C(C)C. The fraction of sp³-hybridized carbons (Fsp3) is 0.455. The first kappa shape index (κ1) is 11.5. The van der Waals surface area contributed by atoms with Crippen molar-refractivity contribution in [3.05, 3.63) is 30.3 Å². The maximum absolute atomic E-state index is 12.5. The Hall–Kier alpha value is -0.590. The lowest BCUT2D eigenvalue weighted by Crippen LogP contribution is -2.14. The molecule has 0 saturated carbocycles. The summed E-state index contributed by atoms with van der Waals surface area (Å²) in [6.07, 6.45) is 0. The second kappa shape index (κ2) is 4.77. The molecule has 3 heteroatoms. The largest absolute Gasteiger partial charge is 0.325 e. The van der Waals surface area contributed by atoms with Crippen molar-refractivity contribution < 1.29 is 9.09 Å². The smallest absolute Gasteiger partial charge is 0.234 e. The quantitative estimate of drug-likeness (QED) is 0.717. The summed E-state index contributed by atoms with van der Waals surface area (Å²) in [6.45, 7) is 6.23. The van der Waals surface area contributed by atoms with Gasteiger partial charge in [0.15, 0.2) is 0 Å². The molecule has 0 aliphatic rings. The zero-order chi connectivity index (χ0) is 10.6. The minimum absolute atomic E-state index is 0.0323. The highest BCUT2D eigenvalue weighted by Gasteiger charge is 2.29. The van der Waals surface area contributed by atoms with Crippen LogP contribution in [-0.2, 0) is 9.09 Å². The van der Waals surface area contributed by atoms with Gasteiger partial charge in [-0.3, -0.25) is 4.57 Å². The molecule has 0 fully saturated rings. The number of hydrogen-bond donors (Lipinski definition) is 0. The molecule has 2 nitrogen and oxygen atoms in total. The first-order valence-corrected chi connectivity index (χ1v) is 6.60. The van der Waals surface area contributed by atoms with Gasteiger partial charge in [0.05, 0.1) is 6.61 Å². The first-order chi connectivity index (χ1) is 6.61. The van der Waals surface area contributed by atoms with Crippen LogP contribution in [0, 0.1) is 0 Å². The second-order valence-corrected chi connectivity index (χ2v) is 6.45. The molecule has 1 rings (SSSR count). The Balaban J connectivity index is 3.07. The number of benzene rings is 1. The van der Waals surface area contributed by atoms with Crippen LogP contribution in [0.15, 0.2) is 30.3 Å². The molecule has 0 spiro atoms. The van der Waals surface area contributed by atoms with Crippen molar-refractivity contribution in [2.24, 2.45) is 0 Å². The van der Waals surface area contributed by atoms with Crippen LogP contribution in [-0.4, -0.2) is 12.3 Å². The van der Waals surface area contributed by atoms with E-state index < -0.39 is 7.37 Å². The van der Waals surface area contributed by atoms with Gasteiger partial charge in [-0.05, 0) is 19.1 Å². The standard InChI is InChI=1S/C11H17O2P/c1-4-13-14(12,10(2)3)11-8-6-5-7-9-11/h5-10H,4H2,1-3H3/t14-/m0/s1. The molecule has 0 radical (unpaired) electrons. The van der Waals surface area contributed by atoms with E-state index in [2.05, 4.69) is 0 Å². The van der Waals surface area contributed by atoms with Crippen LogP contribution in [0.3, 0.4) is 0 Å². The summed E-state index contributed by atoms with van der Waals surface area (Å²) in [4.78, 5) is 0. The molecule has 1 aromatic carbocycles. The molecule has 0 heterocycles. The van der Waals surface area contributed by atoms with Gasteiger partial charge in [0, 0.05) is 11.0 Å². The van der Waals surface area contributed by atoms with Crippen LogP contribution in [0.5, 0.6) is 0 Å². The van der Waals surface area contributed by atoms with Crippen LogP contribution in [0.4, 0.5) is 0 Å². The van der Waals surface area contributed by atoms with Crippen LogP contribution < -0.4 is 5.30 Å². The summed E-state index contributed by atoms with van der Waals surface area (Å²) >= 11 is 0. The van der Waals surface area contributed by atoms with Gasteiger partial charge in [-0.1, -0.05) is 32.0 Å². The minimum atomic E-state index is -2.64. The molecular weight excluding hydrogens is 195 g/mol. The summed E-state index contributed by atoms with van der Waals surface area (Å²) in [5.74, 6) is 0. The van der Waals surface area contributed by atoms with Gasteiger partial charge in [0.2, 0.25) is 7.37 Å². The summed E-state index contributed by atoms with van der Waals surface area (Å²) in [5.41, 5.74) is 0.0323. The summed E-state index contributed by atoms with van der Waals surface area (Å²) in [6, 6.07) is 9.44. The van der Waals surface area contributed by atoms with Crippen molar-refractivity contribution >= 4 is 12.7 Å². The Morgan fingerprint density at radius 3 is 2.29 bits per heavy atom. The van der Waals surface area contributed by atoms with Crippen molar-refractivity contribution in [3.63, 3.8) is 0 Å². The summed E-state index contributed by atoms with van der Waals surface area (Å²) in [7, 11) is -2.64. The molecule has 0 bridgehead atoms. The van der Waals surface area contributed by atoms with Crippen molar-refractivity contribution in [1.29, 1.82) is 0 Å². The minimum Gasteiger partial charge on any atom is -0.325 e. The fourth-order valence-corrected chi connectivity index (χ4v) is 3.36. The molecule has 78 valence electrons. The van der Waals surface area contributed by atoms with Crippen LogP contribution >= 0.6 is 7.37 Å². The lowest BCUT2D eigenvalue weighted by atomic mass is 10.4. The van der Waals surface area contributed by atoms with Gasteiger partial charge in [0.1, 0.15) is 0 Å². The van der Waals surface area contributed by atoms with Crippen LogP contribution in [0.25, 0.3) is 0 Å². The van der Waals surface area contributed by atoms with Gasteiger partial charge < -0.3 is 4.52 Å². The van der Waals surface area contributed by atoms with Crippen molar-refractivity contribution in [2.75, 3.05) is 6.61 Å². The average Bonchev–Trinajstić information content (AvgIpc) is 2.19. The zero-order valence-electron chi connectivity index (χ0n) is 8.93. The van der Waals surface area contributed by atoms with Crippen molar-refractivity contribution in [1.82, 2.24) is 0 Å². The van der Waals surface area contributed by atoms with E-state index in [-0.39, 0.29) is 5.66 Å². The third-order valence-corrected chi connectivity index (χ3v) is 5.14. The Kier molecular flexibility index (Phi) is 3.91. The number of rotatable bonds is 4. The van der Waals surface area contributed by atoms with E-state index in [9.17, 15) is 4.57 Å². The molecule has 0 aliphatic carbocycles. The average molecular weight is 212 g/mol. The Labute approximate surface area is 85.7 Å². The van der Waals surface area contributed by atoms with E-state index in [0.717, 1.165) is 5.30 Å². The predicted molar refractivity (Wildman–Crippen MR) is 60.4 cm³/mol. The Morgan fingerprint density at radius 2 is 1.86 bits per heavy atom. The zero-order valence-corrected chi connectivity index (χ0v) is 9.83. The predicted octanol–water partition coefficient (Wildman–Crippen LogP) is 3.03. The topological polar surface area (TPSA) is 26.3 Å². The molecule has 14 heavy (non-hydrogen) atoms. The van der Waals surface area contributed by atoms with E-state index in [1.807, 2.05) is 51.1 Å². The van der Waals surface area contributed by atoms with Crippen LogP contribution in [0.2, 0.25) is 0 Å². The Morgan fingerprint density at radius 1 is 1.29 bits per heavy atom. The van der Waals surface area contributed by atoms with E-state index >= 15 is 0 Å². The van der Waals surface area contributed by atoms with Crippen LogP contribution in [0.1, 0.15) is 20.8 Å². The maximum Gasteiger partial charge on any atom is 0.234 e. The molecule has 0 aromatic heterocycles. The van der Waals surface area contributed by atoms with Gasteiger partial charge >= 0.3 is 0 Å². The van der Waals surface area contributed by atoms with E-state index in [1.54, 1.807) is 0 Å². The third kappa shape index (κ3) is 2.26. The lowest BCUT2D eigenvalue weighted by Gasteiger charge is -2.21. The molecule has 0 amide bonds. The van der Waals surface area contributed by atoms with Gasteiger partial charge in [-0.2, -0.15) is 0 Å². The maximum atomic E-state index is 12.5. The third-order valence-electron chi connectivity index (χ3n) is 2.12. The fourth-order valence-electron chi connectivity index (χ4n) is 1.35. The summed E-state index contributed by atoms with van der Waals surface area (Å²) in [5, 5.41) is 0.817. The molecule has 0 N–H and O–H groups in total. The molecule has 0 aliphatic heterocycles. The molecular formula is C11H17O2P. The van der Waals surface area contributed by atoms with Crippen molar-refractivity contribution in [2.45, 2.75) is 26.4 Å². The van der Waals surface area contributed by atoms with Gasteiger partial charge in [-0.25, -0.2) is 0 Å². The molecule has 1 aromatic rings. The molecule has 0 unspecified atom stereocenters. The number of hydrogen-bond acceptors (Lipinski definition) is 2. The van der Waals surface area contributed by atoms with Gasteiger partial charge in [-0.15, -0.1) is 0 Å². The van der Waals surface area contributed by atoms with E-state index in [1.165, 1.54) is 0 Å². The second-order valence-electron chi connectivity index (χ2n) is 3.44. The Bertz CT molecular complexity index is 319. The highest BCUT2D eigenvalue weighted by Crippen LogP contribution is 2.50. The monoisotopic (exact) mass is 212 g/mol. The lowest BCUT2D eigenvalue weighted by molar-refractivity contribution is 0.336. The molecule has 1 atom stereocenters. The normalized spacial score (nSPS) is 15.4. The summed E-state index contributed by atoms with van der Waals surface area (Å²) < 4.78 is 17.9.